The van der Waals surface area contributed by atoms with Crippen LogP contribution in [0.15, 0.2) is 52.9 Å². The van der Waals surface area contributed by atoms with Crippen LogP contribution in [-0.2, 0) is 55.9 Å². The van der Waals surface area contributed by atoms with Crippen LogP contribution >= 0.6 is 0 Å². The molecule has 0 spiro atoms. The lowest BCUT2D eigenvalue weighted by molar-refractivity contribution is -0.296. The molecule has 0 saturated carbocycles. The number of likely N-dealkylation sites (N-methyl/N-ethyl adjacent to an activating group) is 1. The number of carbonyl (C=O) groups excluding carboxylic acids is 3. The number of aliphatic imine (C=N–C) groups is 1. The van der Waals surface area contributed by atoms with Crippen LogP contribution in [0.1, 0.15) is 86.0 Å². The molecule has 0 radical (unpaired) electrons. The number of cyclic esters (lactones) is 1. The van der Waals surface area contributed by atoms with Gasteiger partial charge >= 0.3 is 5.97 Å². The molecule has 6 rings (SSSR count). The first kappa shape index (κ1) is 46.6. The van der Waals surface area contributed by atoms with Gasteiger partial charge in [-0.25, -0.2) is 9.98 Å². The molecule has 1 aromatic carbocycles. The van der Waals surface area contributed by atoms with E-state index in [1.165, 1.54) is 13.8 Å². The number of imidazole rings is 1. The Balaban J connectivity index is 1.48. The second kappa shape index (κ2) is 19.2. The van der Waals surface area contributed by atoms with Gasteiger partial charge in [0.25, 0.3) is 5.91 Å². The molecule has 16 heteroatoms. The minimum absolute atomic E-state index is 0.0488. The summed E-state index contributed by atoms with van der Waals surface area (Å²) in [5.74, 6) is -4.91. The number of hydrogen-bond donors (Lipinski definition) is 2. The van der Waals surface area contributed by atoms with Gasteiger partial charge in [-0.05, 0) is 72.5 Å². The zero-order valence-corrected chi connectivity index (χ0v) is 37.2. The van der Waals surface area contributed by atoms with Crippen LogP contribution in [0.5, 0.6) is 0 Å². The summed E-state index contributed by atoms with van der Waals surface area (Å²) in [6, 6.07) is 9.57. The number of fused-ring (bicyclic) bond motifs is 4. The summed E-state index contributed by atoms with van der Waals surface area (Å²) in [4.78, 5) is 60.4. The van der Waals surface area contributed by atoms with E-state index in [2.05, 4.69) is 10.1 Å². The maximum Gasteiger partial charge on any atom is 0.316 e. The van der Waals surface area contributed by atoms with E-state index in [0.29, 0.717) is 24.5 Å². The number of rotatable bonds is 8. The number of oxime groups is 1. The third kappa shape index (κ3) is 10.2. The maximum atomic E-state index is 14.6. The van der Waals surface area contributed by atoms with Gasteiger partial charge in [0.1, 0.15) is 35.3 Å². The highest BCUT2D eigenvalue weighted by atomic mass is 16.7. The number of esters is 1. The van der Waals surface area contributed by atoms with Gasteiger partial charge in [-0.2, -0.15) is 0 Å². The number of amides is 1. The predicted molar refractivity (Wildman–Crippen MR) is 225 cm³/mol. The van der Waals surface area contributed by atoms with Crippen molar-refractivity contribution >= 4 is 29.1 Å². The molecule has 1 unspecified atom stereocenters. The van der Waals surface area contributed by atoms with Crippen molar-refractivity contribution in [3.63, 3.8) is 0 Å². The van der Waals surface area contributed by atoms with Gasteiger partial charge in [0.15, 0.2) is 12.1 Å². The fourth-order valence-corrected chi connectivity index (χ4v) is 9.55. The van der Waals surface area contributed by atoms with Crippen molar-refractivity contribution in [2.75, 3.05) is 27.3 Å². The Morgan fingerprint density at radius 1 is 1.02 bits per heavy atom. The largest absolute Gasteiger partial charge is 0.459 e. The minimum Gasteiger partial charge on any atom is -0.459 e. The lowest BCUT2D eigenvalue weighted by Gasteiger charge is -2.47. The molecule has 14 atom stereocenters. The first-order valence-electron chi connectivity index (χ1n) is 21.6. The summed E-state index contributed by atoms with van der Waals surface area (Å²) in [5.41, 5.74) is -1.55. The molecule has 1 amide bonds. The number of benzene rings is 1. The fourth-order valence-electron chi connectivity index (χ4n) is 9.55. The van der Waals surface area contributed by atoms with E-state index in [4.69, 9.17) is 33.5 Å². The topological polar surface area (TPSA) is 193 Å². The Bertz CT molecular complexity index is 1920. The number of ether oxygens (including phenoxy) is 5. The van der Waals surface area contributed by atoms with Crippen LogP contribution in [0.25, 0.3) is 0 Å². The molecule has 336 valence electrons. The van der Waals surface area contributed by atoms with Crippen LogP contribution in [0, 0.1) is 23.7 Å². The zero-order valence-electron chi connectivity index (χ0n) is 37.2. The molecular weight excluding hydrogens is 787 g/mol. The highest BCUT2D eigenvalue weighted by Crippen LogP contribution is 2.40. The molecule has 4 aliphatic heterocycles. The van der Waals surface area contributed by atoms with Crippen molar-refractivity contribution < 1.29 is 53.1 Å². The van der Waals surface area contributed by atoms with Gasteiger partial charge in [0.2, 0.25) is 6.10 Å². The molecule has 1 aromatic heterocycles. The Morgan fingerprint density at radius 2 is 1.74 bits per heavy atom. The molecular formula is C45H65N5O11. The summed E-state index contributed by atoms with van der Waals surface area (Å²) in [6.07, 6.45) is -2.65. The molecule has 4 aliphatic rings. The first-order valence-corrected chi connectivity index (χ1v) is 21.6. The van der Waals surface area contributed by atoms with E-state index in [-0.39, 0.29) is 50.3 Å². The molecule has 4 bridgehead atoms. The van der Waals surface area contributed by atoms with E-state index in [1.807, 2.05) is 80.9 Å². The van der Waals surface area contributed by atoms with Crippen molar-refractivity contribution in [1.82, 2.24) is 14.5 Å². The smallest absolute Gasteiger partial charge is 0.316 e. The van der Waals surface area contributed by atoms with E-state index >= 15 is 0 Å². The van der Waals surface area contributed by atoms with Crippen LogP contribution in [0.2, 0.25) is 0 Å². The summed E-state index contributed by atoms with van der Waals surface area (Å²) in [6.45, 7) is 14.0. The first-order chi connectivity index (χ1) is 28.8. The third-order valence-electron chi connectivity index (χ3n) is 13.0. The van der Waals surface area contributed by atoms with Crippen LogP contribution in [0.4, 0.5) is 0 Å². The van der Waals surface area contributed by atoms with E-state index in [1.54, 1.807) is 27.0 Å². The number of hydrogen-bond acceptors (Lipinski definition) is 14. The SMILES string of the molecule is CC[C@H]1OC(=O)[C@H](C)C(=O)[C@H](C)[C@@H](O[C@@H]2O[C@H](C)C[C@H](N(C)C)[C@H]2O)[C@@]2(C)C[C@@H](C)C3=NC(=O)C(Cc4nccn4Cc4ccccc4)O/N=C(\CO[C@@H]([C@@H]3C)[C@]1(C)O)CO2. The van der Waals surface area contributed by atoms with Crippen molar-refractivity contribution in [3.8, 4) is 0 Å². The van der Waals surface area contributed by atoms with Gasteiger partial charge in [-0.1, -0.05) is 63.2 Å². The van der Waals surface area contributed by atoms with Gasteiger partial charge in [-0.3, -0.25) is 14.4 Å². The molecule has 0 aliphatic carbocycles. The highest BCUT2D eigenvalue weighted by Gasteiger charge is 2.53. The summed E-state index contributed by atoms with van der Waals surface area (Å²) in [7, 11) is 3.74. The highest BCUT2D eigenvalue weighted by molar-refractivity contribution is 6.01. The normalized spacial score (nSPS) is 39.0. The van der Waals surface area contributed by atoms with Crippen molar-refractivity contribution in [3.05, 3.63) is 54.1 Å². The van der Waals surface area contributed by atoms with Crippen LogP contribution < -0.4 is 0 Å². The Morgan fingerprint density at radius 3 is 2.43 bits per heavy atom. The van der Waals surface area contributed by atoms with Gasteiger partial charge in [0.05, 0.1) is 43.5 Å². The predicted octanol–water partition coefficient (Wildman–Crippen LogP) is 3.77. The number of ketones is 1. The monoisotopic (exact) mass is 851 g/mol. The van der Waals surface area contributed by atoms with E-state index in [0.717, 1.165) is 5.56 Å². The lowest BCUT2D eigenvalue weighted by atomic mass is 9.73. The van der Waals surface area contributed by atoms with Crippen LogP contribution in [0.3, 0.4) is 0 Å². The van der Waals surface area contributed by atoms with Crippen molar-refractivity contribution in [2.24, 2.45) is 33.8 Å². The second-order valence-corrected chi connectivity index (χ2v) is 18.1. The van der Waals surface area contributed by atoms with Gasteiger partial charge in [0, 0.05) is 42.5 Å². The summed E-state index contributed by atoms with van der Waals surface area (Å²) >= 11 is 0. The molecule has 5 heterocycles. The number of aliphatic hydroxyl groups is 2. The van der Waals surface area contributed by atoms with Gasteiger partial charge < -0.3 is 48.2 Å². The zero-order chi connectivity index (χ0) is 44.4. The standard InChI is InChI=1S/C45H65N5O11/c1-11-34-45(8,55)40-27(4)36-25(2)21-44(7,39(28(5)37(51)29(6)42(54)59-34)60-43-38(52)32(49(9)10)19-26(3)58-43)57-24-31(23-56-40)48-61-33(41(53)47-36)20-35-46-17-18-50(35)22-30-15-13-12-14-16-30/h12-18,25-29,32-34,38-40,43,52,55H,11,19-24H2,1-10H3/b47-36?,48-31+/t25-,26-,27-,28+,29-,32+,33?,34-,38-,39-,40+,43+,44-,45-/m1/s1. The summed E-state index contributed by atoms with van der Waals surface area (Å²) < 4.78 is 34.5. The fraction of sp³-hybridized carbons (Fsp3) is 0.689. The Labute approximate surface area is 359 Å². The second-order valence-electron chi connectivity index (χ2n) is 18.1. The van der Waals surface area contributed by atoms with E-state index in [9.17, 15) is 24.6 Å². The lowest BCUT2D eigenvalue weighted by Crippen LogP contribution is -2.60. The molecule has 3 fully saturated rings. The Kier molecular flexibility index (Phi) is 14.7. The minimum atomic E-state index is -1.84. The summed E-state index contributed by atoms with van der Waals surface area (Å²) in [5, 5.41) is 28.6. The molecule has 2 aromatic rings. The number of aromatic nitrogens is 2. The molecule has 3 saturated heterocycles. The quantitative estimate of drug-likeness (QED) is 0.289. The number of nitrogens with zero attached hydrogens (tertiary/aromatic N) is 5. The molecule has 2 N–H and O–H groups in total. The third-order valence-corrected chi connectivity index (χ3v) is 13.0. The number of aliphatic hydroxyl groups excluding tert-OH is 1. The van der Waals surface area contributed by atoms with Gasteiger partial charge in [-0.15, -0.1) is 0 Å². The molecule has 61 heavy (non-hydrogen) atoms. The average molecular weight is 852 g/mol. The number of Topliss-reactive ketones (excluding diaryl/α,β-unsaturated/α-hetero) is 1. The van der Waals surface area contributed by atoms with Crippen LogP contribution in [-0.4, -0.2) is 141 Å². The van der Waals surface area contributed by atoms with Crippen molar-refractivity contribution in [1.29, 1.82) is 0 Å². The number of carbonyl (C=O) groups is 3. The van der Waals surface area contributed by atoms with E-state index < -0.39 is 89.3 Å². The molecule has 16 nitrogen and oxygen atoms in total. The maximum absolute atomic E-state index is 14.6. The Hall–Kier alpha value is -3.90. The average Bonchev–Trinajstić information content (AvgIpc) is 3.64. The van der Waals surface area contributed by atoms with Crippen molar-refractivity contribution in [2.45, 2.75) is 148 Å².